The summed E-state index contributed by atoms with van der Waals surface area (Å²) in [6, 6.07) is 2.14. The Morgan fingerprint density at radius 3 is 3.29 bits per heavy atom. The smallest absolute Gasteiger partial charge is 0.271 e. The van der Waals surface area contributed by atoms with Crippen molar-refractivity contribution in [1.82, 2.24) is 25.4 Å². The van der Waals surface area contributed by atoms with Gasteiger partial charge in [-0.3, -0.25) is 9.48 Å². The molecule has 0 aromatic carbocycles. The van der Waals surface area contributed by atoms with Crippen molar-refractivity contribution in [3.05, 3.63) is 34.5 Å². The number of rotatable bonds is 5. The van der Waals surface area contributed by atoms with Crippen molar-refractivity contribution in [1.29, 1.82) is 0 Å². The van der Waals surface area contributed by atoms with Crippen LogP contribution in [0.3, 0.4) is 0 Å². The molecule has 3 heterocycles. The first-order valence-corrected chi connectivity index (χ1v) is 8.13. The summed E-state index contributed by atoms with van der Waals surface area (Å²) >= 11 is 1.60. The molecule has 0 radical (unpaired) electrons. The van der Waals surface area contributed by atoms with E-state index >= 15 is 0 Å². The molecular weight excluding hydrogens is 286 g/mol. The summed E-state index contributed by atoms with van der Waals surface area (Å²) < 4.78 is 1.90. The summed E-state index contributed by atoms with van der Waals surface area (Å²) in [5.74, 6) is -0.117. The molecule has 1 amide bonds. The number of thiazole rings is 1. The van der Waals surface area contributed by atoms with E-state index < -0.39 is 0 Å². The topological polar surface area (TPSA) is 71.8 Å². The van der Waals surface area contributed by atoms with E-state index in [2.05, 4.69) is 20.7 Å². The van der Waals surface area contributed by atoms with Crippen LogP contribution in [0.15, 0.2) is 23.8 Å². The molecule has 3 rings (SSSR count). The molecule has 1 saturated heterocycles. The molecule has 1 atom stereocenters. The summed E-state index contributed by atoms with van der Waals surface area (Å²) in [5.41, 5.74) is 0.486. The molecule has 2 aromatic rings. The van der Waals surface area contributed by atoms with Gasteiger partial charge in [-0.25, -0.2) is 4.98 Å². The van der Waals surface area contributed by atoms with E-state index in [4.69, 9.17) is 0 Å². The average Bonchev–Trinajstić information content (AvgIpc) is 3.20. The molecule has 7 heteroatoms. The van der Waals surface area contributed by atoms with Crippen LogP contribution in [-0.4, -0.2) is 40.3 Å². The number of nitrogens with one attached hydrogen (secondary N) is 2. The fourth-order valence-electron chi connectivity index (χ4n) is 2.47. The van der Waals surface area contributed by atoms with Gasteiger partial charge in [0.1, 0.15) is 5.69 Å². The number of carbonyl (C=O) groups is 1. The van der Waals surface area contributed by atoms with Crippen LogP contribution in [0.1, 0.15) is 34.4 Å². The normalized spacial score (nSPS) is 18.6. The number of hydrogen-bond acceptors (Lipinski definition) is 5. The molecule has 2 aromatic heterocycles. The quantitative estimate of drug-likeness (QED) is 0.872. The first-order chi connectivity index (χ1) is 10.3. The van der Waals surface area contributed by atoms with Gasteiger partial charge in [0.2, 0.25) is 0 Å². The van der Waals surface area contributed by atoms with Crippen LogP contribution < -0.4 is 10.6 Å². The van der Waals surface area contributed by atoms with E-state index in [-0.39, 0.29) is 5.91 Å². The molecule has 0 unspecified atom stereocenters. The minimum absolute atomic E-state index is 0.117. The third kappa shape index (κ3) is 3.68. The van der Waals surface area contributed by atoms with Gasteiger partial charge in [-0.05, 0) is 25.5 Å². The number of hydrogen-bond donors (Lipinski definition) is 2. The Kier molecular flexibility index (Phi) is 4.62. The summed E-state index contributed by atoms with van der Waals surface area (Å²) in [4.78, 5) is 16.2. The van der Waals surface area contributed by atoms with Crippen molar-refractivity contribution >= 4 is 17.2 Å². The summed E-state index contributed by atoms with van der Waals surface area (Å²) in [7, 11) is 0. The monoisotopic (exact) mass is 305 g/mol. The third-order valence-electron chi connectivity index (χ3n) is 3.59. The van der Waals surface area contributed by atoms with E-state index in [0.717, 1.165) is 37.4 Å². The van der Waals surface area contributed by atoms with Crippen LogP contribution in [0, 0.1) is 0 Å². The van der Waals surface area contributed by atoms with E-state index in [0.29, 0.717) is 18.3 Å². The van der Waals surface area contributed by atoms with Crippen LogP contribution in [0.4, 0.5) is 0 Å². The highest BCUT2D eigenvalue weighted by atomic mass is 32.1. The van der Waals surface area contributed by atoms with Crippen molar-refractivity contribution in [3.63, 3.8) is 0 Å². The lowest BCUT2D eigenvalue weighted by molar-refractivity contribution is 0.0948. The van der Waals surface area contributed by atoms with Gasteiger partial charge in [0.05, 0.1) is 11.0 Å². The largest absolute Gasteiger partial charge is 0.350 e. The van der Waals surface area contributed by atoms with Crippen LogP contribution >= 0.6 is 11.3 Å². The second-order valence-electron chi connectivity index (χ2n) is 5.11. The van der Waals surface area contributed by atoms with Crippen LogP contribution in [-0.2, 0) is 6.42 Å². The van der Waals surface area contributed by atoms with Gasteiger partial charge in [0, 0.05) is 37.3 Å². The SMILES string of the molecule is O=C(NCCc1nccs1)c1ccn([C@H]2CCCNC2)n1. The fourth-order valence-corrected chi connectivity index (χ4v) is 3.09. The zero-order valence-electron chi connectivity index (χ0n) is 11.8. The molecular formula is C14H19N5OS. The van der Waals surface area contributed by atoms with Gasteiger partial charge in [-0.2, -0.15) is 5.10 Å². The molecule has 1 aliphatic rings. The van der Waals surface area contributed by atoms with Crippen LogP contribution in [0.5, 0.6) is 0 Å². The zero-order valence-corrected chi connectivity index (χ0v) is 12.6. The van der Waals surface area contributed by atoms with Crippen LogP contribution in [0.2, 0.25) is 0 Å². The van der Waals surface area contributed by atoms with Gasteiger partial charge in [0.25, 0.3) is 5.91 Å². The highest BCUT2D eigenvalue weighted by molar-refractivity contribution is 7.09. The Labute approximate surface area is 127 Å². The predicted octanol–water partition coefficient (Wildman–Crippen LogP) is 1.24. The van der Waals surface area contributed by atoms with Crippen molar-refractivity contribution in [2.45, 2.75) is 25.3 Å². The van der Waals surface area contributed by atoms with Crippen LogP contribution in [0.25, 0.3) is 0 Å². The lowest BCUT2D eigenvalue weighted by Gasteiger charge is -2.22. The summed E-state index contributed by atoms with van der Waals surface area (Å²) in [5, 5.41) is 13.6. The van der Waals surface area contributed by atoms with Crippen molar-refractivity contribution in [2.24, 2.45) is 0 Å². The van der Waals surface area contributed by atoms with E-state index in [1.54, 1.807) is 23.6 Å². The molecule has 112 valence electrons. The highest BCUT2D eigenvalue weighted by Crippen LogP contribution is 2.15. The maximum absolute atomic E-state index is 12.0. The number of carbonyl (C=O) groups excluding carboxylic acids is 1. The zero-order chi connectivity index (χ0) is 14.5. The number of aromatic nitrogens is 3. The number of piperidine rings is 1. The molecule has 0 saturated carbocycles. The Morgan fingerprint density at radius 2 is 2.52 bits per heavy atom. The number of nitrogens with zero attached hydrogens (tertiary/aromatic N) is 3. The van der Waals surface area contributed by atoms with Gasteiger partial charge in [0.15, 0.2) is 0 Å². The molecule has 0 aliphatic carbocycles. The van der Waals surface area contributed by atoms with E-state index in [1.165, 1.54) is 0 Å². The predicted molar refractivity (Wildman–Crippen MR) is 81.5 cm³/mol. The van der Waals surface area contributed by atoms with Gasteiger partial charge >= 0.3 is 0 Å². The maximum atomic E-state index is 12.0. The second-order valence-corrected chi connectivity index (χ2v) is 6.09. The summed E-state index contributed by atoms with van der Waals surface area (Å²) in [6.07, 6.45) is 6.70. The molecule has 0 bridgehead atoms. The lowest BCUT2D eigenvalue weighted by atomic mass is 10.1. The Morgan fingerprint density at radius 1 is 1.57 bits per heavy atom. The van der Waals surface area contributed by atoms with E-state index in [1.807, 2.05) is 16.3 Å². The molecule has 6 nitrogen and oxygen atoms in total. The lowest BCUT2D eigenvalue weighted by Crippen LogP contribution is -2.32. The van der Waals surface area contributed by atoms with Crippen molar-refractivity contribution in [2.75, 3.05) is 19.6 Å². The number of amides is 1. The highest BCUT2D eigenvalue weighted by Gasteiger charge is 2.17. The molecule has 1 fully saturated rings. The van der Waals surface area contributed by atoms with Gasteiger partial charge in [-0.1, -0.05) is 0 Å². The van der Waals surface area contributed by atoms with E-state index in [9.17, 15) is 4.79 Å². The first-order valence-electron chi connectivity index (χ1n) is 7.25. The van der Waals surface area contributed by atoms with Crippen molar-refractivity contribution in [3.8, 4) is 0 Å². The molecule has 21 heavy (non-hydrogen) atoms. The Hall–Kier alpha value is -1.73. The Bertz CT molecular complexity index is 574. The maximum Gasteiger partial charge on any atom is 0.271 e. The average molecular weight is 305 g/mol. The van der Waals surface area contributed by atoms with Gasteiger partial charge < -0.3 is 10.6 Å². The standard InChI is InChI=1S/C14H19N5OS/c20-14(17-6-3-13-16-7-9-21-13)12-4-8-19(18-12)11-2-1-5-15-10-11/h4,7-9,11,15H,1-3,5-6,10H2,(H,17,20)/t11-/m0/s1. The van der Waals surface area contributed by atoms with Gasteiger partial charge in [-0.15, -0.1) is 11.3 Å². The van der Waals surface area contributed by atoms with Crippen molar-refractivity contribution < 1.29 is 4.79 Å². The molecule has 2 N–H and O–H groups in total. The first kappa shape index (κ1) is 14.2. The third-order valence-corrected chi connectivity index (χ3v) is 4.43. The minimum Gasteiger partial charge on any atom is -0.350 e. The Balaban J connectivity index is 1.51. The molecule has 1 aliphatic heterocycles. The molecule has 0 spiro atoms. The summed E-state index contributed by atoms with van der Waals surface area (Å²) in [6.45, 7) is 2.58. The minimum atomic E-state index is -0.117. The fraction of sp³-hybridized carbons (Fsp3) is 0.500. The second kappa shape index (κ2) is 6.82.